The fraction of sp³-hybridized carbons (Fsp3) is 0.923. The van der Waals surface area contributed by atoms with Crippen molar-refractivity contribution >= 4 is 5.91 Å². The Bertz CT molecular complexity index is 290. The maximum absolute atomic E-state index is 12.6. The molecule has 18 heavy (non-hydrogen) atoms. The lowest BCUT2D eigenvalue weighted by Gasteiger charge is -2.30. The summed E-state index contributed by atoms with van der Waals surface area (Å²) in [6.45, 7) is 8.29. The third-order valence-electron chi connectivity index (χ3n) is 4.18. The largest absolute Gasteiger partial charge is 0.395 e. The number of β-amino-alcohol motifs (C(OH)–C–C–N with tert-alkyl or cyclic N) is 1. The lowest BCUT2D eigenvalue weighted by molar-refractivity contribution is -0.140. The van der Waals surface area contributed by atoms with E-state index in [1.807, 2.05) is 4.90 Å². The molecule has 5 heteroatoms. The number of hydrogen-bond acceptors (Lipinski definition) is 4. The van der Waals surface area contributed by atoms with Crippen LogP contribution in [-0.4, -0.2) is 73.2 Å². The van der Waals surface area contributed by atoms with Gasteiger partial charge in [0.25, 0.3) is 0 Å². The number of hydrogen-bond donors (Lipinski definition) is 2. The Morgan fingerprint density at radius 2 is 2.17 bits per heavy atom. The van der Waals surface area contributed by atoms with Gasteiger partial charge in [-0.3, -0.25) is 9.69 Å². The number of nitrogens with zero attached hydrogens (tertiary/aromatic N) is 2. The SMILES string of the molecule is CC1(C(=O)N2CCCN(CCO)CC2)CCNC1. The molecule has 5 nitrogen and oxygen atoms in total. The molecule has 1 unspecified atom stereocenters. The molecule has 0 radical (unpaired) electrons. The van der Waals surface area contributed by atoms with Gasteiger partial charge in [0.2, 0.25) is 5.91 Å². The van der Waals surface area contributed by atoms with Crippen LogP contribution < -0.4 is 5.32 Å². The van der Waals surface area contributed by atoms with Crippen LogP contribution in [0.15, 0.2) is 0 Å². The summed E-state index contributed by atoms with van der Waals surface area (Å²) in [5, 5.41) is 12.3. The second-order valence-electron chi connectivity index (χ2n) is 5.70. The minimum Gasteiger partial charge on any atom is -0.395 e. The number of aliphatic hydroxyl groups excluding tert-OH is 1. The van der Waals surface area contributed by atoms with E-state index in [0.717, 1.165) is 58.7 Å². The van der Waals surface area contributed by atoms with E-state index in [-0.39, 0.29) is 12.0 Å². The van der Waals surface area contributed by atoms with Crippen molar-refractivity contribution in [1.29, 1.82) is 0 Å². The molecule has 2 aliphatic rings. The highest BCUT2D eigenvalue weighted by atomic mass is 16.3. The first-order valence-corrected chi connectivity index (χ1v) is 6.99. The molecule has 2 saturated heterocycles. The molecule has 2 aliphatic heterocycles. The van der Waals surface area contributed by atoms with Crippen molar-refractivity contribution in [2.75, 3.05) is 52.4 Å². The van der Waals surface area contributed by atoms with Crippen LogP contribution in [0, 0.1) is 5.41 Å². The van der Waals surface area contributed by atoms with Crippen LogP contribution in [0.1, 0.15) is 19.8 Å². The molecule has 0 aromatic rings. The van der Waals surface area contributed by atoms with E-state index in [2.05, 4.69) is 17.1 Å². The summed E-state index contributed by atoms with van der Waals surface area (Å²) in [4.78, 5) is 16.8. The van der Waals surface area contributed by atoms with E-state index in [4.69, 9.17) is 5.11 Å². The van der Waals surface area contributed by atoms with Crippen molar-refractivity contribution in [3.05, 3.63) is 0 Å². The fourth-order valence-electron chi connectivity index (χ4n) is 2.92. The van der Waals surface area contributed by atoms with Crippen molar-refractivity contribution in [2.24, 2.45) is 5.41 Å². The molecule has 0 spiro atoms. The van der Waals surface area contributed by atoms with Gasteiger partial charge in [0.15, 0.2) is 0 Å². The van der Waals surface area contributed by atoms with Crippen LogP contribution in [0.25, 0.3) is 0 Å². The van der Waals surface area contributed by atoms with E-state index >= 15 is 0 Å². The zero-order valence-corrected chi connectivity index (χ0v) is 11.3. The Labute approximate surface area is 109 Å². The number of carbonyl (C=O) groups is 1. The average Bonchev–Trinajstić information content (AvgIpc) is 2.68. The van der Waals surface area contributed by atoms with Gasteiger partial charge in [0, 0.05) is 32.7 Å². The molecular formula is C13H25N3O2. The van der Waals surface area contributed by atoms with Crippen LogP contribution in [0.3, 0.4) is 0 Å². The summed E-state index contributed by atoms with van der Waals surface area (Å²) in [6.07, 6.45) is 1.96. The van der Waals surface area contributed by atoms with Gasteiger partial charge in [-0.25, -0.2) is 0 Å². The highest BCUT2D eigenvalue weighted by Gasteiger charge is 2.39. The van der Waals surface area contributed by atoms with Gasteiger partial charge in [-0.15, -0.1) is 0 Å². The summed E-state index contributed by atoms with van der Waals surface area (Å²) in [6, 6.07) is 0. The zero-order chi connectivity index (χ0) is 13.0. The summed E-state index contributed by atoms with van der Waals surface area (Å²) >= 11 is 0. The van der Waals surface area contributed by atoms with Gasteiger partial charge in [0.05, 0.1) is 12.0 Å². The standard InChI is InChI=1S/C13H25N3O2/c1-13(3-4-14-11-13)12(18)16-6-2-5-15(7-8-16)9-10-17/h14,17H,2-11H2,1H3. The predicted octanol–water partition coefficient (Wildman–Crippen LogP) is -0.487. The fourth-order valence-corrected chi connectivity index (χ4v) is 2.92. The highest BCUT2D eigenvalue weighted by Crippen LogP contribution is 2.27. The third kappa shape index (κ3) is 3.02. The van der Waals surface area contributed by atoms with E-state index in [1.54, 1.807) is 0 Å². The van der Waals surface area contributed by atoms with Gasteiger partial charge in [-0.1, -0.05) is 0 Å². The number of rotatable bonds is 3. The van der Waals surface area contributed by atoms with Crippen molar-refractivity contribution in [1.82, 2.24) is 15.1 Å². The Balaban J connectivity index is 1.91. The first-order valence-electron chi connectivity index (χ1n) is 6.99. The number of carbonyl (C=O) groups excluding carboxylic acids is 1. The average molecular weight is 255 g/mol. The van der Waals surface area contributed by atoms with Gasteiger partial charge < -0.3 is 15.3 Å². The zero-order valence-electron chi connectivity index (χ0n) is 11.3. The molecule has 0 aromatic carbocycles. The Morgan fingerprint density at radius 1 is 1.33 bits per heavy atom. The molecule has 0 saturated carbocycles. The summed E-state index contributed by atoms with van der Waals surface area (Å²) < 4.78 is 0. The summed E-state index contributed by atoms with van der Waals surface area (Å²) in [7, 11) is 0. The van der Waals surface area contributed by atoms with Crippen LogP contribution in [-0.2, 0) is 4.79 Å². The van der Waals surface area contributed by atoms with Crippen molar-refractivity contribution in [3.8, 4) is 0 Å². The number of amides is 1. The molecule has 1 atom stereocenters. The van der Waals surface area contributed by atoms with Crippen LogP contribution in [0.5, 0.6) is 0 Å². The Kier molecular flexibility index (Phi) is 4.59. The van der Waals surface area contributed by atoms with Gasteiger partial charge in [0.1, 0.15) is 0 Å². The lowest BCUT2D eigenvalue weighted by Crippen LogP contribution is -2.45. The first kappa shape index (κ1) is 13.8. The van der Waals surface area contributed by atoms with Crippen LogP contribution in [0.2, 0.25) is 0 Å². The second-order valence-corrected chi connectivity index (χ2v) is 5.70. The topological polar surface area (TPSA) is 55.8 Å². The molecule has 2 rings (SSSR count). The normalized spacial score (nSPS) is 30.4. The van der Waals surface area contributed by atoms with Crippen molar-refractivity contribution in [2.45, 2.75) is 19.8 Å². The maximum Gasteiger partial charge on any atom is 0.229 e. The summed E-state index contributed by atoms with van der Waals surface area (Å²) in [5.74, 6) is 0.304. The highest BCUT2D eigenvalue weighted by molar-refractivity contribution is 5.83. The molecular weight excluding hydrogens is 230 g/mol. The third-order valence-corrected chi connectivity index (χ3v) is 4.18. The smallest absolute Gasteiger partial charge is 0.229 e. The number of aliphatic hydroxyl groups is 1. The first-order chi connectivity index (χ1) is 8.65. The van der Waals surface area contributed by atoms with E-state index in [1.165, 1.54) is 0 Å². The van der Waals surface area contributed by atoms with Crippen LogP contribution in [0.4, 0.5) is 0 Å². The molecule has 0 bridgehead atoms. The van der Waals surface area contributed by atoms with Gasteiger partial charge in [-0.2, -0.15) is 0 Å². The van der Waals surface area contributed by atoms with E-state index in [9.17, 15) is 4.79 Å². The predicted molar refractivity (Wildman–Crippen MR) is 70.3 cm³/mol. The molecule has 0 aromatic heterocycles. The number of nitrogens with one attached hydrogen (secondary N) is 1. The monoisotopic (exact) mass is 255 g/mol. The molecule has 0 aliphatic carbocycles. The van der Waals surface area contributed by atoms with Gasteiger partial charge in [-0.05, 0) is 32.9 Å². The molecule has 2 N–H and O–H groups in total. The summed E-state index contributed by atoms with van der Waals surface area (Å²) in [5.41, 5.74) is -0.202. The van der Waals surface area contributed by atoms with Crippen molar-refractivity contribution < 1.29 is 9.90 Å². The minimum absolute atomic E-state index is 0.202. The molecule has 104 valence electrons. The Morgan fingerprint density at radius 3 is 2.83 bits per heavy atom. The second kappa shape index (κ2) is 5.99. The molecule has 2 fully saturated rings. The molecule has 1 amide bonds. The lowest BCUT2D eigenvalue weighted by atomic mass is 9.88. The van der Waals surface area contributed by atoms with E-state index in [0.29, 0.717) is 5.91 Å². The Hall–Kier alpha value is -0.650. The van der Waals surface area contributed by atoms with Crippen LogP contribution >= 0.6 is 0 Å². The minimum atomic E-state index is -0.202. The molecule has 2 heterocycles. The maximum atomic E-state index is 12.6. The van der Waals surface area contributed by atoms with Gasteiger partial charge >= 0.3 is 0 Å². The van der Waals surface area contributed by atoms with E-state index < -0.39 is 0 Å². The quantitative estimate of drug-likeness (QED) is 0.715. The van der Waals surface area contributed by atoms with Crippen molar-refractivity contribution in [3.63, 3.8) is 0 Å².